The Labute approximate surface area is 71.4 Å². The Morgan fingerprint density at radius 3 is 2.58 bits per heavy atom. The maximum Gasteiger partial charge on any atom is 0.202 e. The largest absolute Gasteiger partial charge is 0.272 e. The van der Waals surface area contributed by atoms with Crippen LogP contribution in [-0.2, 0) is 16.9 Å². The van der Waals surface area contributed by atoms with Crippen LogP contribution in [0.5, 0.6) is 0 Å². The molecule has 0 aromatic carbocycles. The first-order chi connectivity index (χ1) is 5.49. The molecule has 0 aliphatic heterocycles. The zero-order valence-corrected chi connectivity index (χ0v) is 7.80. The average Bonchev–Trinajstić information content (AvgIpc) is 2.33. The summed E-state index contributed by atoms with van der Waals surface area (Å²) in [7, 11) is -1.64. The van der Waals surface area contributed by atoms with Crippen molar-refractivity contribution in [1.29, 1.82) is 0 Å². The van der Waals surface area contributed by atoms with Crippen LogP contribution in [0.25, 0.3) is 0 Å². The van der Waals surface area contributed by atoms with Gasteiger partial charge in [-0.05, 0) is 6.92 Å². The molecule has 0 saturated heterocycles. The molecule has 0 saturated carbocycles. The molecule has 12 heavy (non-hydrogen) atoms. The van der Waals surface area contributed by atoms with E-state index in [0.717, 1.165) is 5.41 Å². The number of hydrogen-bond donors (Lipinski definition) is 0. The molecule has 0 aliphatic carbocycles. The molecule has 0 bridgehead atoms. The van der Waals surface area contributed by atoms with Crippen molar-refractivity contribution in [3.63, 3.8) is 0 Å². The maximum atomic E-state index is 11.3. The molecule has 0 aliphatic rings. The minimum absolute atomic E-state index is 0.222. The van der Waals surface area contributed by atoms with Crippen LogP contribution in [0, 0.1) is 6.92 Å². The van der Waals surface area contributed by atoms with Gasteiger partial charge in [-0.2, -0.15) is 5.10 Å². The predicted molar refractivity (Wildman–Crippen MR) is 45.3 cm³/mol. The summed E-state index contributed by atoms with van der Waals surface area (Å²) >= 11 is 0. The normalized spacial score (nSPS) is 11.5. The van der Waals surface area contributed by atoms with Crippen LogP contribution in [0.2, 0.25) is 0 Å². The van der Waals surface area contributed by atoms with Crippen molar-refractivity contribution in [3.8, 4) is 0 Å². The van der Waals surface area contributed by atoms with E-state index >= 15 is 0 Å². The van der Waals surface area contributed by atoms with Crippen molar-refractivity contribution < 1.29 is 8.42 Å². The van der Waals surface area contributed by atoms with Crippen LogP contribution in [0.15, 0.2) is 23.1 Å². The molecular formula is C7H10N2O2S. The van der Waals surface area contributed by atoms with Gasteiger partial charge in [0.25, 0.3) is 0 Å². The Kier molecular flexibility index (Phi) is 2.06. The second kappa shape index (κ2) is 2.75. The van der Waals surface area contributed by atoms with E-state index in [1.54, 1.807) is 14.0 Å². The van der Waals surface area contributed by atoms with Crippen LogP contribution >= 0.6 is 0 Å². The highest BCUT2D eigenvalue weighted by Gasteiger charge is 2.15. The molecule has 0 N–H and O–H groups in total. The van der Waals surface area contributed by atoms with Crippen LogP contribution in [0.1, 0.15) is 5.69 Å². The van der Waals surface area contributed by atoms with Crippen LogP contribution in [0.4, 0.5) is 0 Å². The summed E-state index contributed by atoms with van der Waals surface area (Å²) < 4.78 is 24.0. The number of aromatic nitrogens is 2. The van der Waals surface area contributed by atoms with E-state index in [1.165, 1.54) is 10.9 Å². The third-order valence-corrected chi connectivity index (χ3v) is 3.17. The molecule has 0 amide bonds. The third-order valence-electron chi connectivity index (χ3n) is 1.72. The lowest BCUT2D eigenvalue weighted by molar-refractivity contribution is 0.603. The van der Waals surface area contributed by atoms with Crippen LogP contribution in [-0.4, -0.2) is 18.2 Å². The zero-order valence-electron chi connectivity index (χ0n) is 6.98. The lowest BCUT2D eigenvalue weighted by atomic mass is 10.5. The maximum absolute atomic E-state index is 11.3. The summed E-state index contributed by atoms with van der Waals surface area (Å²) in [6.45, 7) is 4.93. The fraction of sp³-hybridized carbons (Fsp3) is 0.286. The first-order valence-electron chi connectivity index (χ1n) is 3.35. The Morgan fingerprint density at radius 1 is 1.67 bits per heavy atom. The van der Waals surface area contributed by atoms with Gasteiger partial charge in [-0.15, -0.1) is 0 Å². The second-order valence-corrected chi connectivity index (χ2v) is 4.29. The first-order valence-corrected chi connectivity index (χ1v) is 4.90. The molecule has 0 unspecified atom stereocenters. The van der Waals surface area contributed by atoms with E-state index in [0.29, 0.717) is 5.69 Å². The SMILES string of the molecule is C=CS(=O)(=O)c1cnn(C)c1C. The molecule has 1 aromatic heterocycles. The highest BCUT2D eigenvalue weighted by Crippen LogP contribution is 2.14. The summed E-state index contributed by atoms with van der Waals surface area (Å²) in [4.78, 5) is 0.222. The molecule has 1 rings (SSSR count). The van der Waals surface area contributed by atoms with Gasteiger partial charge in [-0.3, -0.25) is 4.68 Å². The number of sulfone groups is 1. The second-order valence-electron chi connectivity index (χ2n) is 2.43. The van der Waals surface area contributed by atoms with E-state index < -0.39 is 9.84 Å². The molecule has 1 heterocycles. The van der Waals surface area contributed by atoms with Crippen molar-refractivity contribution in [1.82, 2.24) is 9.78 Å². The fourth-order valence-corrected chi connectivity index (χ4v) is 1.77. The lowest BCUT2D eigenvalue weighted by Gasteiger charge is -1.96. The molecule has 4 nitrogen and oxygen atoms in total. The standard InChI is InChI=1S/C7H10N2O2S/c1-4-12(10,11)7-5-8-9(3)6(7)2/h4-5H,1H2,2-3H3. The van der Waals surface area contributed by atoms with Gasteiger partial charge < -0.3 is 0 Å². The Bertz CT molecular complexity index is 403. The zero-order chi connectivity index (χ0) is 9.35. The fourth-order valence-electron chi connectivity index (χ4n) is 0.848. The highest BCUT2D eigenvalue weighted by molar-refractivity contribution is 7.94. The van der Waals surface area contributed by atoms with Crippen LogP contribution < -0.4 is 0 Å². The molecule has 0 spiro atoms. The molecule has 66 valence electrons. The molecule has 0 fully saturated rings. The first kappa shape index (κ1) is 8.99. The smallest absolute Gasteiger partial charge is 0.202 e. The van der Waals surface area contributed by atoms with E-state index in [-0.39, 0.29) is 4.90 Å². The van der Waals surface area contributed by atoms with E-state index in [9.17, 15) is 8.42 Å². The van der Waals surface area contributed by atoms with Gasteiger partial charge in [0.05, 0.1) is 11.9 Å². The Hall–Kier alpha value is -1.10. The van der Waals surface area contributed by atoms with Crippen molar-refractivity contribution in [2.45, 2.75) is 11.8 Å². The van der Waals surface area contributed by atoms with Gasteiger partial charge >= 0.3 is 0 Å². The summed E-state index contributed by atoms with van der Waals surface area (Å²) in [6, 6.07) is 0. The molecule has 0 radical (unpaired) electrons. The van der Waals surface area contributed by atoms with Gasteiger partial charge in [0.15, 0.2) is 0 Å². The van der Waals surface area contributed by atoms with E-state index in [1.807, 2.05) is 0 Å². The monoisotopic (exact) mass is 186 g/mol. The third kappa shape index (κ3) is 1.27. The molecular weight excluding hydrogens is 176 g/mol. The van der Waals surface area contributed by atoms with Gasteiger partial charge in [0, 0.05) is 12.5 Å². The van der Waals surface area contributed by atoms with Gasteiger partial charge in [-0.25, -0.2) is 8.42 Å². The Balaban J connectivity index is 3.40. The minimum atomic E-state index is -3.33. The molecule has 1 aromatic rings. The summed E-state index contributed by atoms with van der Waals surface area (Å²) in [5.74, 6) is 0. The quantitative estimate of drug-likeness (QED) is 0.681. The van der Waals surface area contributed by atoms with Crippen molar-refractivity contribution in [2.75, 3.05) is 0 Å². The average molecular weight is 186 g/mol. The number of aryl methyl sites for hydroxylation is 1. The number of rotatable bonds is 2. The number of nitrogens with zero attached hydrogens (tertiary/aromatic N) is 2. The van der Waals surface area contributed by atoms with Gasteiger partial charge in [-0.1, -0.05) is 6.58 Å². The van der Waals surface area contributed by atoms with Crippen molar-refractivity contribution in [3.05, 3.63) is 23.9 Å². The number of hydrogen-bond acceptors (Lipinski definition) is 3. The predicted octanol–water partition coefficient (Wildman–Crippen LogP) is 0.646. The van der Waals surface area contributed by atoms with Crippen molar-refractivity contribution in [2.24, 2.45) is 7.05 Å². The summed E-state index contributed by atoms with van der Waals surface area (Å²) in [5, 5.41) is 4.75. The van der Waals surface area contributed by atoms with Gasteiger partial charge in [0.1, 0.15) is 4.90 Å². The summed E-state index contributed by atoms with van der Waals surface area (Å²) in [6.07, 6.45) is 1.33. The Morgan fingerprint density at radius 2 is 2.25 bits per heavy atom. The summed E-state index contributed by atoms with van der Waals surface area (Å²) in [5.41, 5.74) is 0.620. The molecule has 5 heteroatoms. The van der Waals surface area contributed by atoms with Gasteiger partial charge in [0.2, 0.25) is 9.84 Å². The minimum Gasteiger partial charge on any atom is -0.272 e. The van der Waals surface area contributed by atoms with E-state index in [2.05, 4.69) is 11.7 Å². The van der Waals surface area contributed by atoms with Crippen LogP contribution in [0.3, 0.4) is 0 Å². The highest BCUT2D eigenvalue weighted by atomic mass is 32.2. The molecule has 0 atom stereocenters. The lowest BCUT2D eigenvalue weighted by Crippen LogP contribution is -1.99. The topological polar surface area (TPSA) is 52.0 Å². The van der Waals surface area contributed by atoms with E-state index in [4.69, 9.17) is 0 Å². The van der Waals surface area contributed by atoms with Crippen molar-refractivity contribution >= 4 is 9.84 Å².